The van der Waals surface area contributed by atoms with Crippen molar-refractivity contribution in [2.45, 2.75) is 19.8 Å². The van der Waals surface area contributed by atoms with E-state index >= 15 is 0 Å². The van der Waals surface area contributed by atoms with Crippen LogP contribution in [0.25, 0.3) is 0 Å². The topological polar surface area (TPSA) is 35.6 Å². The van der Waals surface area contributed by atoms with E-state index in [-0.39, 0.29) is 5.91 Å². The number of carbonyl (C=O) groups excluding carboxylic acids is 1. The van der Waals surface area contributed by atoms with Crippen LogP contribution in [0.2, 0.25) is 0 Å². The van der Waals surface area contributed by atoms with Crippen LogP contribution in [0.15, 0.2) is 18.2 Å². The fourth-order valence-corrected chi connectivity index (χ4v) is 2.66. The van der Waals surface area contributed by atoms with Crippen molar-refractivity contribution in [3.8, 4) is 0 Å². The molecule has 1 aliphatic rings. The molecule has 4 heteroatoms. The second-order valence-electron chi connectivity index (χ2n) is 5.57. The molecule has 110 valence electrons. The molecule has 4 nitrogen and oxygen atoms in total. The van der Waals surface area contributed by atoms with Gasteiger partial charge >= 0.3 is 0 Å². The van der Waals surface area contributed by atoms with Crippen molar-refractivity contribution in [2.24, 2.45) is 0 Å². The molecule has 1 aliphatic heterocycles. The normalized spacial score (nSPS) is 15.3. The molecule has 2 rings (SSSR count). The molecule has 0 radical (unpaired) electrons. The highest BCUT2D eigenvalue weighted by atomic mass is 16.2. The first-order valence-corrected chi connectivity index (χ1v) is 7.38. The van der Waals surface area contributed by atoms with Gasteiger partial charge in [-0.05, 0) is 50.6 Å². The third-order valence-corrected chi connectivity index (χ3v) is 3.97. The van der Waals surface area contributed by atoms with E-state index in [1.165, 1.54) is 25.9 Å². The summed E-state index contributed by atoms with van der Waals surface area (Å²) in [5.41, 5.74) is 2.82. The average Bonchev–Trinajstić information content (AvgIpc) is 2.97. The number of hydrogen-bond donors (Lipinski definition) is 1. The van der Waals surface area contributed by atoms with E-state index in [4.69, 9.17) is 0 Å². The third kappa shape index (κ3) is 3.51. The minimum absolute atomic E-state index is 0.0912. The number of hydrogen-bond acceptors (Lipinski definition) is 3. The Bertz CT molecular complexity index is 467. The van der Waals surface area contributed by atoms with Gasteiger partial charge in [0.15, 0.2) is 0 Å². The molecule has 20 heavy (non-hydrogen) atoms. The Morgan fingerprint density at radius 1 is 1.35 bits per heavy atom. The van der Waals surface area contributed by atoms with Crippen LogP contribution in [-0.4, -0.2) is 56.0 Å². The summed E-state index contributed by atoms with van der Waals surface area (Å²) in [5.74, 6) is 0.0912. The van der Waals surface area contributed by atoms with Crippen LogP contribution in [-0.2, 0) is 0 Å². The van der Waals surface area contributed by atoms with Gasteiger partial charge in [-0.15, -0.1) is 0 Å². The van der Waals surface area contributed by atoms with E-state index in [0.717, 1.165) is 29.9 Å². The molecule has 0 spiro atoms. The van der Waals surface area contributed by atoms with Crippen LogP contribution in [0.4, 0.5) is 5.69 Å². The molecule has 1 aromatic rings. The molecule has 0 atom stereocenters. The monoisotopic (exact) mass is 275 g/mol. The van der Waals surface area contributed by atoms with Gasteiger partial charge < -0.3 is 15.1 Å². The number of anilines is 1. The molecule has 0 aliphatic carbocycles. The Morgan fingerprint density at radius 3 is 2.70 bits per heavy atom. The molecular formula is C16H25N3O. The smallest absolute Gasteiger partial charge is 0.255 e. The van der Waals surface area contributed by atoms with Crippen molar-refractivity contribution in [3.05, 3.63) is 29.3 Å². The Labute approximate surface area is 121 Å². The number of likely N-dealkylation sites (tertiary alicyclic amines) is 1. The van der Waals surface area contributed by atoms with Crippen molar-refractivity contribution >= 4 is 11.6 Å². The van der Waals surface area contributed by atoms with Crippen LogP contribution < -0.4 is 5.32 Å². The van der Waals surface area contributed by atoms with Crippen molar-refractivity contribution < 1.29 is 4.79 Å². The van der Waals surface area contributed by atoms with Crippen molar-refractivity contribution in [1.82, 2.24) is 9.80 Å². The summed E-state index contributed by atoms with van der Waals surface area (Å²) in [5, 5.41) is 3.11. The van der Waals surface area contributed by atoms with Crippen LogP contribution in [0.3, 0.4) is 0 Å². The Kier molecular flexibility index (Phi) is 5.01. The SMILES string of the molecule is CNc1cc(C)ccc1C(=O)N(C)CCN1CCCC1. The van der Waals surface area contributed by atoms with E-state index in [9.17, 15) is 4.79 Å². The molecule has 1 fully saturated rings. The van der Waals surface area contributed by atoms with Crippen molar-refractivity contribution in [1.29, 1.82) is 0 Å². The van der Waals surface area contributed by atoms with Crippen LogP contribution in [0.1, 0.15) is 28.8 Å². The molecule has 1 amide bonds. The lowest BCUT2D eigenvalue weighted by Crippen LogP contribution is -2.35. The minimum atomic E-state index is 0.0912. The zero-order valence-electron chi connectivity index (χ0n) is 12.8. The van der Waals surface area contributed by atoms with E-state index in [0.29, 0.717) is 0 Å². The molecular weight excluding hydrogens is 250 g/mol. The Morgan fingerprint density at radius 2 is 2.05 bits per heavy atom. The molecule has 0 bridgehead atoms. The number of nitrogens with one attached hydrogen (secondary N) is 1. The molecule has 1 saturated heterocycles. The molecule has 0 aromatic heterocycles. The predicted octanol–water partition coefficient (Wildman–Crippen LogP) is 2.20. The summed E-state index contributed by atoms with van der Waals surface area (Å²) in [4.78, 5) is 16.8. The van der Waals surface area contributed by atoms with Crippen molar-refractivity contribution in [3.63, 3.8) is 0 Å². The average molecular weight is 275 g/mol. The van der Waals surface area contributed by atoms with Crippen LogP contribution in [0.5, 0.6) is 0 Å². The lowest BCUT2D eigenvalue weighted by Gasteiger charge is -2.22. The van der Waals surface area contributed by atoms with Gasteiger partial charge in [0, 0.05) is 32.9 Å². The molecule has 1 heterocycles. The zero-order valence-corrected chi connectivity index (χ0v) is 12.8. The van der Waals surface area contributed by atoms with E-state index in [2.05, 4.69) is 10.2 Å². The Hall–Kier alpha value is -1.55. The van der Waals surface area contributed by atoms with Gasteiger partial charge in [-0.25, -0.2) is 0 Å². The maximum Gasteiger partial charge on any atom is 0.255 e. The number of amides is 1. The number of aryl methyl sites for hydroxylation is 1. The highest BCUT2D eigenvalue weighted by Gasteiger charge is 2.17. The van der Waals surface area contributed by atoms with Gasteiger partial charge in [-0.1, -0.05) is 6.07 Å². The van der Waals surface area contributed by atoms with Gasteiger partial charge in [0.2, 0.25) is 0 Å². The predicted molar refractivity (Wildman–Crippen MR) is 83.4 cm³/mol. The number of benzene rings is 1. The fourth-order valence-electron chi connectivity index (χ4n) is 2.66. The van der Waals surface area contributed by atoms with Crippen LogP contribution >= 0.6 is 0 Å². The summed E-state index contributed by atoms with van der Waals surface area (Å²) in [6, 6.07) is 5.92. The third-order valence-electron chi connectivity index (χ3n) is 3.97. The first kappa shape index (κ1) is 14.9. The standard InChI is InChI=1S/C16H25N3O/c1-13-6-7-14(15(12-13)17-2)16(20)18(3)10-11-19-8-4-5-9-19/h6-7,12,17H,4-5,8-11H2,1-3H3. The summed E-state index contributed by atoms with van der Waals surface area (Å²) >= 11 is 0. The summed E-state index contributed by atoms with van der Waals surface area (Å²) in [7, 11) is 3.74. The minimum Gasteiger partial charge on any atom is -0.387 e. The summed E-state index contributed by atoms with van der Waals surface area (Å²) in [6.45, 7) is 6.15. The summed E-state index contributed by atoms with van der Waals surface area (Å²) < 4.78 is 0. The number of carbonyl (C=O) groups is 1. The number of likely N-dealkylation sites (N-methyl/N-ethyl adjacent to an activating group) is 1. The van der Waals surface area contributed by atoms with Crippen LogP contribution in [0, 0.1) is 6.92 Å². The summed E-state index contributed by atoms with van der Waals surface area (Å²) in [6.07, 6.45) is 2.58. The maximum atomic E-state index is 12.5. The second-order valence-corrected chi connectivity index (χ2v) is 5.57. The van der Waals surface area contributed by atoms with E-state index in [1.54, 1.807) is 0 Å². The molecule has 1 N–H and O–H groups in total. The van der Waals surface area contributed by atoms with Crippen molar-refractivity contribution in [2.75, 3.05) is 45.6 Å². The first-order chi connectivity index (χ1) is 9.61. The lowest BCUT2D eigenvalue weighted by molar-refractivity contribution is 0.0783. The number of rotatable bonds is 5. The quantitative estimate of drug-likeness (QED) is 0.895. The van der Waals surface area contributed by atoms with Gasteiger partial charge in [0.25, 0.3) is 5.91 Å². The fraction of sp³-hybridized carbons (Fsp3) is 0.562. The van der Waals surface area contributed by atoms with Gasteiger partial charge in [-0.2, -0.15) is 0 Å². The van der Waals surface area contributed by atoms with Gasteiger partial charge in [-0.3, -0.25) is 4.79 Å². The molecule has 1 aromatic carbocycles. The van der Waals surface area contributed by atoms with Gasteiger partial charge in [0.1, 0.15) is 0 Å². The number of nitrogens with zero attached hydrogens (tertiary/aromatic N) is 2. The van der Waals surface area contributed by atoms with E-state index in [1.807, 2.05) is 44.1 Å². The highest BCUT2D eigenvalue weighted by Crippen LogP contribution is 2.18. The van der Waals surface area contributed by atoms with Gasteiger partial charge in [0.05, 0.1) is 5.56 Å². The molecule has 0 saturated carbocycles. The largest absolute Gasteiger partial charge is 0.387 e. The second kappa shape index (κ2) is 6.75. The van der Waals surface area contributed by atoms with E-state index < -0.39 is 0 Å². The maximum absolute atomic E-state index is 12.5. The first-order valence-electron chi connectivity index (χ1n) is 7.38. The lowest BCUT2D eigenvalue weighted by atomic mass is 10.1. The molecule has 0 unspecified atom stereocenters. The highest BCUT2D eigenvalue weighted by molar-refractivity contribution is 5.99. The Balaban J connectivity index is 1.98. The zero-order chi connectivity index (χ0) is 14.5.